The highest BCUT2D eigenvalue weighted by Gasteiger charge is 2.49. The molecule has 1 aliphatic rings. The first-order valence-corrected chi connectivity index (χ1v) is 5.88. The predicted molar refractivity (Wildman–Crippen MR) is 60.2 cm³/mol. The summed E-state index contributed by atoms with van der Waals surface area (Å²) in [6.45, 7) is -1.27. The van der Waals surface area contributed by atoms with E-state index >= 15 is 0 Å². The zero-order chi connectivity index (χ0) is 16.5. The van der Waals surface area contributed by atoms with Crippen LogP contribution in [0, 0.1) is 0 Å². The van der Waals surface area contributed by atoms with E-state index in [9.17, 15) is 31.1 Å². The molecular weight excluding hydrogens is 320 g/mol. The van der Waals surface area contributed by atoms with E-state index in [1.165, 1.54) is 6.07 Å². The minimum atomic E-state index is -4.86. The summed E-state index contributed by atoms with van der Waals surface area (Å²) in [5.74, 6) is -4.52. The average Bonchev–Trinajstić information content (AvgIpc) is 2.42. The Bertz CT molecular complexity index is 566. The van der Waals surface area contributed by atoms with Crippen molar-refractivity contribution in [2.24, 2.45) is 0 Å². The maximum atomic E-state index is 13.8. The molecule has 22 heavy (non-hydrogen) atoms. The van der Waals surface area contributed by atoms with Gasteiger partial charge < -0.3 is 14.8 Å². The fraction of sp³-hybridized carbons (Fsp3) is 0.417. The third kappa shape index (κ3) is 3.20. The van der Waals surface area contributed by atoms with E-state index in [0.717, 1.165) is 18.2 Å². The van der Waals surface area contributed by atoms with Crippen molar-refractivity contribution in [3.05, 3.63) is 29.8 Å². The normalized spacial score (nSPS) is 21.2. The summed E-state index contributed by atoms with van der Waals surface area (Å²) in [4.78, 5) is 11.1. The molecule has 1 atom stereocenters. The first kappa shape index (κ1) is 16.2. The number of ether oxygens (including phenoxy) is 2. The van der Waals surface area contributed by atoms with Crippen molar-refractivity contribution in [2.45, 2.75) is 24.5 Å². The summed E-state index contributed by atoms with van der Waals surface area (Å²) < 4.78 is 85.8. The van der Waals surface area contributed by atoms with Crippen LogP contribution in [-0.2, 0) is 4.74 Å². The molecule has 2 rings (SSSR count). The zero-order valence-corrected chi connectivity index (χ0v) is 10.7. The van der Waals surface area contributed by atoms with Crippen LogP contribution in [0.3, 0.4) is 0 Å². The standard InChI is InChI=1S/C12H9F6NO3/c13-9(14)12(17,18)22-7-4-2-1-3-6(7)8-11(15,16)5-21-10(20)19-8/h1-4,8-9H,5H2,(H,19,20)/t8-/m0/s1. The molecule has 1 saturated heterocycles. The lowest BCUT2D eigenvalue weighted by molar-refractivity contribution is -0.253. The molecule has 0 saturated carbocycles. The number of hydrogen-bond donors (Lipinski definition) is 1. The molecule has 122 valence electrons. The van der Waals surface area contributed by atoms with E-state index in [4.69, 9.17) is 0 Å². The summed E-state index contributed by atoms with van der Waals surface area (Å²) in [5.41, 5.74) is -0.565. The molecule has 1 aromatic rings. The number of benzene rings is 1. The van der Waals surface area contributed by atoms with E-state index < -0.39 is 48.5 Å². The van der Waals surface area contributed by atoms with Gasteiger partial charge in [-0.25, -0.2) is 13.6 Å². The first-order chi connectivity index (χ1) is 10.1. The minimum Gasteiger partial charge on any atom is -0.443 e. The lowest BCUT2D eigenvalue weighted by Crippen LogP contribution is -2.49. The van der Waals surface area contributed by atoms with Crippen molar-refractivity contribution in [3.63, 3.8) is 0 Å². The minimum absolute atomic E-state index is 0.565. The summed E-state index contributed by atoms with van der Waals surface area (Å²) in [5, 5.41) is 1.75. The van der Waals surface area contributed by atoms with Gasteiger partial charge in [-0.05, 0) is 6.07 Å². The van der Waals surface area contributed by atoms with Crippen molar-refractivity contribution in [2.75, 3.05) is 6.61 Å². The van der Waals surface area contributed by atoms with E-state index in [-0.39, 0.29) is 0 Å². The highest BCUT2D eigenvalue weighted by molar-refractivity contribution is 5.69. The van der Waals surface area contributed by atoms with E-state index in [0.29, 0.717) is 0 Å². The number of carbonyl (C=O) groups excluding carboxylic acids is 1. The Labute approximate surface area is 120 Å². The number of alkyl carbamates (subject to hydrolysis) is 1. The zero-order valence-electron chi connectivity index (χ0n) is 10.7. The summed E-state index contributed by atoms with van der Waals surface area (Å²) in [7, 11) is 0. The largest absolute Gasteiger partial charge is 0.461 e. The highest BCUT2D eigenvalue weighted by atomic mass is 19.3. The smallest absolute Gasteiger partial charge is 0.443 e. The van der Waals surface area contributed by atoms with Crippen molar-refractivity contribution in [1.82, 2.24) is 5.32 Å². The Morgan fingerprint density at radius 3 is 2.59 bits per heavy atom. The van der Waals surface area contributed by atoms with Gasteiger partial charge >= 0.3 is 24.5 Å². The molecule has 1 amide bonds. The first-order valence-electron chi connectivity index (χ1n) is 5.88. The van der Waals surface area contributed by atoms with Crippen LogP contribution in [0.2, 0.25) is 0 Å². The van der Waals surface area contributed by atoms with Crippen LogP contribution < -0.4 is 10.1 Å². The molecular formula is C12H9F6NO3. The number of cyclic esters (lactones) is 1. The molecule has 0 unspecified atom stereocenters. The molecule has 10 heteroatoms. The van der Waals surface area contributed by atoms with Gasteiger partial charge in [0.2, 0.25) is 0 Å². The highest BCUT2D eigenvalue weighted by Crippen LogP contribution is 2.40. The van der Waals surface area contributed by atoms with Gasteiger partial charge in [-0.3, -0.25) is 0 Å². The second-order valence-electron chi connectivity index (χ2n) is 4.42. The Hall–Kier alpha value is -2.13. The maximum absolute atomic E-state index is 13.8. The van der Waals surface area contributed by atoms with Crippen LogP contribution in [0.4, 0.5) is 31.1 Å². The summed E-state index contributed by atoms with van der Waals surface area (Å²) in [6, 6.07) is 2.09. The van der Waals surface area contributed by atoms with Crippen molar-refractivity contribution in [3.8, 4) is 5.75 Å². The summed E-state index contributed by atoms with van der Waals surface area (Å²) >= 11 is 0. The SMILES string of the molecule is O=C1N[C@@H](c2ccccc2OC(F)(F)C(F)F)C(F)(F)CO1. The predicted octanol–water partition coefficient (Wildman–Crippen LogP) is 3.34. The lowest BCUT2D eigenvalue weighted by Gasteiger charge is -2.33. The Morgan fingerprint density at radius 1 is 1.32 bits per heavy atom. The van der Waals surface area contributed by atoms with Crippen LogP contribution >= 0.6 is 0 Å². The van der Waals surface area contributed by atoms with E-state index in [2.05, 4.69) is 9.47 Å². The number of amides is 1. The quantitative estimate of drug-likeness (QED) is 0.862. The molecule has 0 spiro atoms. The van der Waals surface area contributed by atoms with Gasteiger partial charge in [0.05, 0.1) is 0 Å². The molecule has 0 aromatic heterocycles. The topological polar surface area (TPSA) is 47.6 Å². The Balaban J connectivity index is 2.37. The average molecular weight is 329 g/mol. The molecule has 1 N–H and O–H groups in total. The van der Waals surface area contributed by atoms with Gasteiger partial charge in [-0.1, -0.05) is 18.2 Å². The molecule has 1 aromatic carbocycles. The molecule has 0 aliphatic carbocycles. The van der Waals surface area contributed by atoms with Crippen LogP contribution in [0.25, 0.3) is 0 Å². The monoisotopic (exact) mass is 329 g/mol. The number of rotatable bonds is 4. The van der Waals surface area contributed by atoms with Crippen molar-refractivity contribution in [1.29, 1.82) is 0 Å². The van der Waals surface area contributed by atoms with E-state index in [1.54, 1.807) is 5.32 Å². The molecule has 4 nitrogen and oxygen atoms in total. The van der Waals surface area contributed by atoms with Gasteiger partial charge in [0.1, 0.15) is 11.8 Å². The van der Waals surface area contributed by atoms with Crippen LogP contribution in [0.5, 0.6) is 5.75 Å². The lowest BCUT2D eigenvalue weighted by atomic mass is 9.99. The molecule has 1 fully saturated rings. The molecule has 0 bridgehead atoms. The summed E-state index contributed by atoms with van der Waals surface area (Å²) in [6.07, 6.45) is -10.2. The third-order valence-corrected chi connectivity index (χ3v) is 2.81. The van der Waals surface area contributed by atoms with Gasteiger partial charge in [-0.2, -0.15) is 17.6 Å². The number of alkyl halides is 6. The third-order valence-electron chi connectivity index (χ3n) is 2.81. The van der Waals surface area contributed by atoms with Crippen molar-refractivity contribution >= 4 is 6.09 Å². The maximum Gasteiger partial charge on any atom is 0.461 e. The molecule has 0 radical (unpaired) electrons. The van der Waals surface area contributed by atoms with Gasteiger partial charge in [-0.15, -0.1) is 0 Å². The fourth-order valence-electron chi connectivity index (χ4n) is 1.82. The second kappa shape index (κ2) is 5.58. The van der Waals surface area contributed by atoms with E-state index in [1.807, 2.05) is 0 Å². The Kier molecular flexibility index (Phi) is 4.12. The molecule has 1 aliphatic heterocycles. The number of nitrogens with one attached hydrogen (secondary N) is 1. The van der Waals surface area contributed by atoms with Gasteiger partial charge in [0, 0.05) is 5.56 Å². The second-order valence-corrected chi connectivity index (χ2v) is 4.42. The number of hydrogen-bond acceptors (Lipinski definition) is 3. The van der Waals surface area contributed by atoms with Crippen LogP contribution in [0.15, 0.2) is 24.3 Å². The van der Waals surface area contributed by atoms with Crippen LogP contribution in [0.1, 0.15) is 11.6 Å². The fourth-order valence-corrected chi connectivity index (χ4v) is 1.82. The number of carbonyl (C=O) groups is 1. The Morgan fingerprint density at radius 2 is 1.95 bits per heavy atom. The van der Waals surface area contributed by atoms with Gasteiger partial charge in [0.15, 0.2) is 6.61 Å². The molecule has 1 heterocycles. The number of halogens is 6. The van der Waals surface area contributed by atoms with Crippen LogP contribution in [-0.4, -0.2) is 31.2 Å². The number of para-hydroxylation sites is 1. The van der Waals surface area contributed by atoms with Gasteiger partial charge in [0.25, 0.3) is 0 Å². The van der Waals surface area contributed by atoms with Crippen molar-refractivity contribution < 1.29 is 40.6 Å².